The summed E-state index contributed by atoms with van der Waals surface area (Å²) < 4.78 is 13.0. The summed E-state index contributed by atoms with van der Waals surface area (Å²) in [6.07, 6.45) is 1.65. The van der Waals surface area contributed by atoms with E-state index in [0.717, 1.165) is 11.1 Å². The smallest absolute Gasteiger partial charge is 0.266 e. The fraction of sp³-hybridized carbons (Fsp3) is 0.118. The second kappa shape index (κ2) is 6.34. The molecule has 0 bridgehead atoms. The van der Waals surface area contributed by atoms with Crippen LogP contribution in [-0.2, 0) is 4.79 Å². The molecular weight excluding hydrogens is 313 g/mol. The number of rotatable bonds is 2. The van der Waals surface area contributed by atoms with Gasteiger partial charge in [-0.2, -0.15) is 0 Å². The van der Waals surface area contributed by atoms with E-state index in [1.807, 2.05) is 19.1 Å². The normalized spacial score (nSPS) is 18.7. The van der Waals surface area contributed by atoms with Crippen molar-refractivity contribution in [2.45, 2.75) is 6.92 Å². The van der Waals surface area contributed by atoms with Crippen LogP contribution in [0.2, 0.25) is 0 Å². The Balaban J connectivity index is 1.96. The Bertz CT molecular complexity index is 800. The Morgan fingerprint density at radius 3 is 2.61 bits per heavy atom. The van der Waals surface area contributed by atoms with E-state index in [9.17, 15) is 9.18 Å². The Kier molecular flexibility index (Phi) is 4.25. The van der Waals surface area contributed by atoms with Gasteiger partial charge in [-0.05, 0) is 54.1 Å². The molecule has 1 amide bonds. The first-order valence-electron chi connectivity index (χ1n) is 6.98. The molecule has 2 heterocycles. The lowest BCUT2D eigenvalue weighted by molar-refractivity contribution is -0.121. The van der Waals surface area contributed by atoms with Gasteiger partial charge in [0.25, 0.3) is 5.91 Å². The molecule has 0 saturated carbocycles. The second-order valence-corrected chi connectivity index (χ2v) is 5.99. The number of amidine groups is 1. The van der Waals surface area contributed by atoms with E-state index in [4.69, 9.17) is 0 Å². The molecule has 0 unspecified atom stereocenters. The number of nitrogens with zero attached hydrogens (tertiary/aromatic N) is 3. The summed E-state index contributed by atoms with van der Waals surface area (Å²) in [5, 5.41) is 0.574. The van der Waals surface area contributed by atoms with E-state index >= 15 is 0 Å². The summed E-state index contributed by atoms with van der Waals surface area (Å²) >= 11 is 1.30. The first-order valence-corrected chi connectivity index (χ1v) is 7.80. The molecule has 1 aromatic heterocycles. The van der Waals surface area contributed by atoms with Crippen LogP contribution in [0.3, 0.4) is 0 Å². The fourth-order valence-electron chi connectivity index (χ4n) is 2.13. The molecule has 0 radical (unpaired) electrons. The third-order valence-electron chi connectivity index (χ3n) is 3.46. The van der Waals surface area contributed by atoms with E-state index in [1.165, 1.54) is 28.8 Å². The number of likely N-dealkylation sites (N-methyl/N-ethyl adjacent to an activating group) is 1. The minimum Gasteiger partial charge on any atom is -0.289 e. The van der Waals surface area contributed by atoms with Crippen LogP contribution in [0.4, 0.5) is 10.2 Å². The summed E-state index contributed by atoms with van der Waals surface area (Å²) in [6, 6.07) is 11.5. The number of aliphatic imine (C=N–C) groups is 1. The summed E-state index contributed by atoms with van der Waals surface area (Å²) in [4.78, 5) is 23.1. The molecule has 0 N–H and O–H groups in total. The fourth-order valence-corrected chi connectivity index (χ4v) is 3.16. The number of carbonyl (C=O) groups excluding carboxylic acids is 1. The number of halogens is 1. The molecule has 23 heavy (non-hydrogen) atoms. The van der Waals surface area contributed by atoms with Crippen LogP contribution in [0, 0.1) is 5.82 Å². The molecule has 1 fully saturated rings. The van der Waals surface area contributed by atoms with Crippen LogP contribution in [0.25, 0.3) is 5.57 Å². The van der Waals surface area contributed by atoms with Gasteiger partial charge in [-0.1, -0.05) is 18.2 Å². The van der Waals surface area contributed by atoms with Crippen molar-refractivity contribution in [3.8, 4) is 0 Å². The Hall–Kier alpha value is -2.47. The summed E-state index contributed by atoms with van der Waals surface area (Å²) in [5.41, 5.74) is 1.62. The number of hydrogen-bond donors (Lipinski definition) is 0. The van der Waals surface area contributed by atoms with Gasteiger partial charge in [0.1, 0.15) is 5.82 Å². The molecule has 1 aromatic carbocycles. The topological polar surface area (TPSA) is 45.6 Å². The van der Waals surface area contributed by atoms with Gasteiger partial charge in [0, 0.05) is 13.2 Å². The number of pyridine rings is 1. The largest absolute Gasteiger partial charge is 0.289 e. The summed E-state index contributed by atoms with van der Waals surface area (Å²) in [6.45, 7) is 1.85. The van der Waals surface area contributed by atoms with Crippen LogP contribution >= 0.6 is 11.8 Å². The molecule has 3 rings (SSSR count). The van der Waals surface area contributed by atoms with Crippen molar-refractivity contribution in [3.63, 3.8) is 0 Å². The van der Waals surface area contributed by atoms with Crippen molar-refractivity contribution in [3.05, 3.63) is 64.9 Å². The van der Waals surface area contributed by atoms with E-state index < -0.39 is 0 Å². The Morgan fingerprint density at radius 1 is 1.22 bits per heavy atom. The maximum absolute atomic E-state index is 13.0. The van der Waals surface area contributed by atoms with Gasteiger partial charge in [0.05, 0.1) is 4.91 Å². The molecule has 0 atom stereocenters. The molecule has 1 saturated heterocycles. The number of allylic oxidation sites excluding steroid dienone is 1. The van der Waals surface area contributed by atoms with Gasteiger partial charge in [-0.25, -0.2) is 14.4 Å². The SMILES string of the molecule is C/C(=C1/S/C(=N/c2ccccn2)N(C)C1=O)c1ccc(F)cc1. The maximum atomic E-state index is 13.0. The number of aromatic nitrogens is 1. The molecule has 4 nitrogen and oxygen atoms in total. The van der Waals surface area contributed by atoms with Gasteiger partial charge >= 0.3 is 0 Å². The first kappa shape index (κ1) is 15.4. The zero-order chi connectivity index (χ0) is 16.4. The number of benzene rings is 1. The molecule has 0 aliphatic carbocycles. The van der Waals surface area contributed by atoms with Crippen molar-refractivity contribution in [1.29, 1.82) is 0 Å². The average molecular weight is 327 g/mol. The van der Waals surface area contributed by atoms with Crippen LogP contribution in [-0.4, -0.2) is 28.0 Å². The van der Waals surface area contributed by atoms with Gasteiger partial charge in [-0.15, -0.1) is 0 Å². The third-order valence-corrected chi connectivity index (χ3v) is 4.69. The van der Waals surface area contributed by atoms with E-state index in [-0.39, 0.29) is 11.7 Å². The first-order chi connectivity index (χ1) is 11.1. The van der Waals surface area contributed by atoms with Crippen molar-refractivity contribution >= 4 is 34.2 Å². The van der Waals surface area contributed by atoms with Crippen LogP contribution in [0.1, 0.15) is 12.5 Å². The van der Waals surface area contributed by atoms with E-state index in [0.29, 0.717) is 15.9 Å². The van der Waals surface area contributed by atoms with Crippen molar-refractivity contribution < 1.29 is 9.18 Å². The van der Waals surface area contributed by atoms with Crippen molar-refractivity contribution in [2.24, 2.45) is 4.99 Å². The Morgan fingerprint density at radius 2 is 1.96 bits per heavy atom. The second-order valence-electron chi connectivity index (χ2n) is 5.01. The van der Waals surface area contributed by atoms with Gasteiger partial charge in [-0.3, -0.25) is 9.69 Å². The highest BCUT2D eigenvalue weighted by atomic mass is 32.2. The maximum Gasteiger partial charge on any atom is 0.266 e. The monoisotopic (exact) mass is 327 g/mol. The zero-order valence-electron chi connectivity index (χ0n) is 12.7. The lowest BCUT2D eigenvalue weighted by atomic mass is 10.1. The molecule has 1 aliphatic heterocycles. The minimum absolute atomic E-state index is 0.119. The van der Waals surface area contributed by atoms with E-state index in [1.54, 1.807) is 31.4 Å². The quantitative estimate of drug-likeness (QED) is 0.787. The molecule has 6 heteroatoms. The lowest BCUT2D eigenvalue weighted by Gasteiger charge is -2.07. The highest BCUT2D eigenvalue weighted by Crippen LogP contribution is 2.36. The van der Waals surface area contributed by atoms with E-state index in [2.05, 4.69) is 9.98 Å². The summed E-state index contributed by atoms with van der Waals surface area (Å²) in [7, 11) is 1.68. The minimum atomic E-state index is -0.300. The number of carbonyl (C=O) groups is 1. The standard InChI is InChI=1S/C17H14FN3OS/c1-11(12-6-8-13(18)9-7-12)15-16(22)21(2)17(23-15)20-14-5-3-4-10-19-14/h3-10H,1-2H3/b15-11-,20-17+. The Labute approximate surface area is 137 Å². The van der Waals surface area contributed by atoms with Gasteiger partial charge in [0.2, 0.25) is 0 Å². The van der Waals surface area contributed by atoms with Gasteiger partial charge in [0.15, 0.2) is 11.0 Å². The third kappa shape index (κ3) is 3.17. The van der Waals surface area contributed by atoms with Crippen molar-refractivity contribution in [1.82, 2.24) is 9.88 Å². The molecule has 1 aliphatic rings. The number of hydrogen-bond acceptors (Lipinski definition) is 4. The average Bonchev–Trinajstić information content (AvgIpc) is 2.84. The molecule has 2 aromatic rings. The number of thioether (sulfide) groups is 1. The number of amides is 1. The van der Waals surface area contributed by atoms with Crippen LogP contribution < -0.4 is 0 Å². The lowest BCUT2D eigenvalue weighted by Crippen LogP contribution is -2.24. The highest BCUT2D eigenvalue weighted by Gasteiger charge is 2.32. The predicted octanol–water partition coefficient (Wildman–Crippen LogP) is 3.84. The highest BCUT2D eigenvalue weighted by molar-refractivity contribution is 8.18. The van der Waals surface area contributed by atoms with Crippen molar-refractivity contribution in [2.75, 3.05) is 7.05 Å². The molecule has 116 valence electrons. The summed E-state index contributed by atoms with van der Waals surface area (Å²) in [5.74, 6) is 0.133. The zero-order valence-corrected chi connectivity index (χ0v) is 13.5. The van der Waals surface area contributed by atoms with Gasteiger partial charge < -0.3 is 0 Å². The van der Waals surface area contributed by atoms with Crippen LogP contribution in [0.15, 0.2) is 58.6 Å². The molecular formula is C17H14FN3OS. The predicted molar refractivity (Wildman–Crippen MR) is 90.7 cm³/mol. The van der Waals surface area contributed by atoms with Crippen LogP contribution in [0.5, 0.6) is 0 Å². The molecule has 0 spiro atoms.